The van der Waals surface area contributed by atoms with Gasteiger partial charge >= 0.3 is 5.97 Å². The normalized spacial score (nSPS) is 11.3. The summed E-state index contributed by atoms with van der Waals surface area (Å²) >= 11 is 0. The van der Waals surface area contributed by atoms with E-state index in [0.29, 0.717) is 5.75 Å². The summed E-state index contributed by atoms with van der Waals surface area (Å²) in [7, 11) is 1.25. The highest BCUT2D eigenvalue weighted by Crippen LogP contribution is 2.17. The number of hydrogen-bond acceptors (Lipinski definition) is 6. The van der Waals surface area contributed by atoms with Crippen molar-refractivity contribution in [3.05, 3.63) is 70.3 Å². The molecule has 8 heteroatoms. The molecule has 1 atom stereocenters. The molecule has 0 radical (unpaired) electrons. The zero-order valence-corrected chi connectivity index (χ0v) is 14.1. The Morgan fingerprint density at radius 2 is 1.77 bits per heavy atom. The van der Waals surface area contributed by atoms with Crippen LogP contribution in [0.2, 0.25) is 0 Å². The summed E-state index contributed by atoms with van der Waals surface area (Å²) in [6.07, 6.45) is 0.288. The van der Waals surface area contributed by atoms with E-state index >= 15 is 0 Å². The monoisotopic (exact) mass is 358 g/mol. The summed E-state index contributed by atoms with van der Waals surface area (Å²) in [6, 6.07) is 13.7. The molecule has 2 aromatic rings. The molecule has 0 fully saturated rings. The molecule has 2 aromatic carbocycles. The summed E-state index contributed by atoms with van der Waals surface area (Å²) in [5.74, 6) is -0.754. The first-order chi connectivity index (χ1) is 12.5. The number of ether oxygens (including phenoxy) is 2. The molecule has 0 aromatic heterocycles. The van der Waals surface area contributed by atoms with Crippen LogP contribution in [-0.4, -0.2) is 36.6 Å². The molecule has 0 bridgehead atoms. The molecule has 0 aliphatic heterocycles. The van der Waals surface area contributed by atoms with Gasteiger partial charge in [-0.1, -0.05) is 30.3 Å². The van der Waals surface area contributed by atoms with E-state index in [2.05, 4.69) is 5.32 Å². The highest BCUT2D eigenvalue weighted by Gasteiger charge is 2.22. The molecule has 1 amide bonds. The molecule has 0 heterocycles. The van der Waals surface area contributed by atoms with Crippen LogP contribution in [0.3, 0.4) is 0 Å². The fourth-order valence-electron chi connectivity index (χ4n) is 2.23. The van der Waals surface area contributed by atoms with Crippen LogP contribution in [0, 0.1) is 10.1 Å². The standard InChI is InChI=1S/C18H18N2O6/c1-25-18(22)16(11-13-5-3-2-4-6-13)19-17(21)12-26-15-9-7-14(8-10-15)20(23)24/h2-10,16H,11-12H2,1H3,(H,19,21). The maximum absolute atomic E-state index is 12.1. The second-order valence-corrected chi connectivity index (χ2v) is 5.37. The summed E-state index contributed by atoms with van der Waals surface area (Å²) in [5.41, 5.74) is 0.801. The number of nitro groups is 1. The van der Waals surface area contributed by atoms with Gasteiger partial charge in [0.25, 0.3) is 11.6 Å². The molecular weight excluding hydrogens is 340 g/mol. The average molecular weight is 358 g/mol. The van der Waals surface area contributed by atoms with Gasteiger partial charge in [0.1, 0.15) is 11.8 Å². The van der Waals surface area contributed by atoms with Gasteiger partial charge in [-0.3, -0.25) is 14.9 Å². The number of nitrogens with zero attached hydrogens (tertiary/aromatic N) is 1. The Kier molecular flexibility index (Phi) is 6.67. The molecule has 8 nitrogen and oxygen atoms in total. The first-order valence-electron chi connectivity index (χ1n) is 7.78. The molecule has 26 heavy (non-hydrogen) atoms. The average Bonchev–Trinajstić information content (AvgIpc) is 2.66. The molecule has 0 aliphatic rings. The lowest BCUT2D eigenvalue weighted by molar-refractivity contribution is -0.384. The van der Waals surface area contributed by atoms with E-state index < -0.39 is 22.8 Å². The zero-order valence-electron chi connectivity index (χ0n) is 14.1. The number of amides is 1. The first-order valence-corrected chi connectivity index (χ1v) is 7.78. The van der Waals surface area contributed by atoms with Crippen molar-refractivity contribution in [3.63, 3.8) is 0 Å². The highest BCUT2D eigenvalue weighted by molar-refractivity contribution is 5.85. The molecular formula is C18H18N2O6. The predicted octanol–water partition coefficient (Wildman–Crippen LogP) is 1.87. The summed E-state index contributed by atoms with van der Waals surface area (Å²) in [5, 5.41) is 13.2. The smallest absolute Gasteiger partial charge is 0.328 e. The van der Waals surface area contributed by atoms with E-state index in [1.54, 1.807) is 0 Å². The Balaban J connectivity index is 1.92. The Labute approximate surface area is 149 Å². The molecule has 2 rings (SSSR count). The van der Waals surface area contributed by atoms with E-state index in [4.69, 9.17) is 9.47 Å². The lowest BCUT2D eigenvalue weighted by Gasteiger charge is -2.17. The second kappa shape index (κ2) is 9.16. The van der Waals surface area contributed by atoms with Crippen molar-refractivity contribution in [2.75, 3.05) is 13.7 Å². The van der Waals surface area contributed by atoms with Crippen LogP contribution < -0.4 is 10.1 Å². The third kappa shape index (κ3) is 5.59. The SMILES string of the molecule is COC(=O)C(Cc1ccccc1)NC(=O)COc1ccc([N+](=O)[O-])cc1. The summed E-state index contributed by atoms with van der Waals surface area (Å²) in [6.45, 7) is -0.333. The Hall–Kier alpha value is -3.42. The maximum atomic E-state index is 12.1. The van der Waals surface area contributed by atoms with Crippen LogP contribution in [0.25, 0.3) is 0 Å². The van der Waals surface area contributed by atoms with Gasteiger partial charge in [-0.25, -0.2) is 4.79 Å². The van der Waals surface area contributed by atoms with Crippen LogP contribution in [0.4, 0.5) is 5.69 Å². The number of methoxy groups -OCH3 is 1. The quantitative estimate of drug-likeness (QED) is 0.438. The van der Waals surface area contributed by atoms with E-state index in [-0.39, 0.29) is 18.7 Å². The zero-order chi connectivity index (χ0) is 18.9. The predicted molar refractivity (Wildman–Crippen MR) is 92.7 cm³/mol. The van der Waals surface area contributed by atoms with Crippen LogP contribution >= 0.6 is 0 Å². The van der Waals surface area contributed by atoms with Crippen LogP contribution in [0.1, 0.15) is 5.56 Å². The number of carbonyl (C=O) groups is 2. The van der Waals surface area contributed by atoms with Crippen LogP contribution in [0.5, 0.6) is 5.75 Å². The maximum Gasteiger partial charge on any atom is 0.328 e. The van der Waals surface area contributed by atoms with Gasteiger partial charge in [0.15, 0.2) is 6.61 Å². The highest BCUT2D eigenvalue weighted by atomic mass is 16.6. The third-order valence-electron chi connectivity index (χ3n) is 3.52. The molecule has 0 saturated carbocycles. The molecule has 1 N–H and O–H groups in total. The molecule has 1 unspecified atom stereocenters. The second-order valence-electron chi connectivity index (χ2n) is 5.37. The van der Waals surface area contributed by atoms with Gasteiger partial charge in [-0.15, -0.1) is 0 Å². The minimum Gasteiger partial charge on any atom is -0.484 e. The van der Waals surface area contributed by atoms with Crippen molar-refractivity contribution in [3.8, 4) is 5.75 Å². The van der Waals surface area contributed by atoms with Gasteiger partial charge in [0.05, 0.1) is 12.0 Å². The lowest BCUT2D eigenvalue weighted by atomic mass is 10.1. The third-order valence-corrected chi connectivity index (χ3v) is 3.52. The number of benzene rings is 2. The van der Waals surface area contributed by atoms with Crippen molar-refractivity contribution < 1.29 is 24.0 Å². The van der Waals surface area contributed by atoms with Gasteiger partial charge in [-0.05, 0) is 17.7 Å². The minimum absolute atomic E-state index is 0.0737. The van der Waals surface area contributed by atoms with Crippen molar-refractivity contribution >= 4 is 17.6 Å². The van der Waals surface area contributed by atoms with Crippen LogP contribution in [0.15, 0.2) is 54.6 Å². The number of hydrogen-bond donors (Lipinski definition) is 1. The van der Waals surface area contributed by atoms with E-state index in [1.807, 2.05) is 30.3 Å². The lowest BCUT2D eigenvalue weighted by Crippen LogP contribution is -2.44. The first kappa shape index (κ1) is 18.9. The van der Waals surface area contributed by atoms with Gasteiger partial charge < -0.3 is 14.8 Å². The van der Waals surface area contributed by atoms with E-state index in [1.165, 1.54) is 31.4 Å². The van der Waals surface area contributed by atoms with E-state index in [9.17, 15) is 19.7 Å². The topological polar surface area (TPSA) is 108 Å². The van der Waals surface area contributed by atoms with Gasteiger partial charge in [0.2, 0.25) is 0 Å². The fourth-order valence-corrected chi connectivity index (χ4v) is 2.23. The van der Waals surface area contributed by atoms with Crippen molar-refractivity contribution in [2.45, 2.75) is 12.5 Å². The molecule has 136 valence electrons. The summed E-state index contributed by atoms with van der Waals surface area (Å²) < 4.78 is 10.0. The largest absolute Gasteiger partial charge is 0.484 e. The van der Waals surface area contributed by atoms with Crippen molar-refractivity contribution in [2.24, 2.45) is 0 Å². The van der Waals surface area contributed by atoms with Crippen molar-refractivity contribution in [1.29, 1.82) is 0 Å². The Morgan fingerprint density at radius 1 is 1.12 bits per heavy atom. The number of carbonyl (C=O) groups excluding carboxylic acids is 2. The number of rotatable bonds is 8. The fraction of sp³-hybridized carbons (Fsp3) is 0.222. The van der Waals surface area contributed by atoms with Gasteiger partial charge in [0, 0.05) is 18.6 Å². The summed E-state index contributed by atoms with van der Waals surface area (Å²) in [4.78, 5) is 34.0. The molecule has 0 aliphatic carbocycles. The number of esters is 1. The molecule has 0 spiro atoms. The number of non-ortho nitro benzene ring substituents is 1. The van der Waals surface area contributed by atoms with Crippen molar-refractivity contribution in [1.82, 2.24) is 5.32 Å². The Morgan fingerprint density at radius 3 is 2.35 bits per heavy atom. The number of nitro benzene ring substituents is 1. The van der Waals surface area contributed by atoms with E-state index in [0.717, 1.165) is 5.56 Å². The van der Waals surface area contributed by atoms with Crippen LogP contribution in [-0.2, 0) is 20.7 Å². The van der Waals surface area contributed by atoms with Gasteiger partial charge in [-0.2, -0.15) is 0 Å². The number of nitrogens with one attached hydrogen (secondary N) is 1. The minimum atomic E-state index is -0.838. The Bertz CT molecular complexity index is 761. The molecule has 0 saturated heterocycles.